The molecule has 2 heterocycles. The number of aliphatic carboxylic acids is 1. The van der Waals surface area contributed by atoms with Crippen molar-refractivity contribution in [3.63, 3.8) is 0 Å². The van der Waals surface area contributed by atoms with Gasteiger partial charge in [-0.3, -0.25) is 9.59 Å². The highest BCUT2D eigenvalue weighted by molar-refractivity contribution is 7.98. The quantitative estimate of drug-likeness (QED) is 0.834. The van der Waals surface area contributed by atoms with Crippen molar-refractivity contribution in [1.82, 2.24) is 0 Å². The predicted molar refractivity (Wildman–Crippen MR) is 79.4 cm³/mol. The highest BCUT2D eigenvalue weighted by Crippen LogP contribution is 2.44. The van der Waals surface area contributed by atoms with E-state index >= 15 is 0 Å². The lowest BCUT2D eigenvalue weighted by Crippen LogP contribution is -2.41. The zero-order chi connectivity index (χ0) is 15.0. The van der Waals surface area contributed by atoms with Crippen LogP contribution in [-0.2, 0) is 14.3 Å². The monoisotopic (exact) mass is 307 g/mol. The summed E-state index contributed by atoms with van der Waals surface area (Å²) < 4.78 is 5.63. The van der Waals surface area contributed by atoms with Gasteiger partial charge in [-0.1, -0.05) is 12.1 Å². The minimum Gasteiger partial charge on any atom is -0.481 e. The number of fused-ring (bicyclic) bond motifs is 2. The number of para-hydroxylation sites is 1. The average Bonchev–Trinajstić information content (AvgIpc) is 3.08. The Morgan fingerprint density at radius 2 is 1.90 bits per heavy atom. The molecule has 0 spiro atoms. The summed E-state index contributed by atoms with van der Waals surface area (Å²) in [6, 6.07) is 7.50. The molecule has 21 heavy (non-hydrogen) atoms. The summed E-state index contributed by atoms with van der Waals surface area (Å²) in [5.74, 6) is -2.53. The first-order valence-electron chi connectivity index (χ1n) is 6.94. The third-order valence-electron chi connectivity index (χ3n) is 4.23. The van der Waals surface area contributed by atoms with E-state index in [-0.39, 0.29) is 18.1 Å². The van der Waals surface area contributed by atoms with Gasteiger partial charge in [-0.2, -0.15) is 0 Å². The van der Waals surface area contributed by atoms with Crippen LogP contribution in [0.2, 0.25) is 0 Å². The van der Waals surface area contributed by atoms with Crippen molar-refractivity contribution in [2.45, 2.75) is 29.9 Å². The zero-order valence-electron chi connectivity index (χ0n) is 11.6. The predicted octanol–water partition coefficient (Wildman–Crippen LogP) is 2.23. The van der Waals surface area contributed by atoms with Gasteiger partial charge in [0.1, 0.15) is 0 Å². The van der Waals surface area contributed by atoms with Crippen LogP contribution in [0.3, 0.4) is 0 Å². The van der Waals surface area contributed by atoms with Crippen molar-refractivity contribution in [2.24, 2.45) is 11.8 Å². The van der Waals surface area contributed by atoms with Crippen LogP contribution in [-0.4, -0.2) is 35.4 Å². The molecule has 2 aliphatic rings. The van der Waals surface area contributed by atoms with E-state index in [1.54, 1.807) is 11.8 Å². The molecule has 2 bridgehead atoms. The van der Waals surface area contributed by atoms with E-state index in [4.69, 9.17) is 4.74 Å². The van der Waals surface area contributed by atoms with Crippen LogP contribution in [0.25, 0.3) is 0 Å². The lowest BCUT2D eigenvalue weighted by Gasteiger charge is -2.24. The smallest absolute Gasteiger partial charge is 0.310 e. The second-order valence-corrected chi connectivity index (χ2v) is 6.22. The number of rotatable bonds is 4. The summed E-state index contributed by atoms with van der Waals surface area (Å²) in [5, 5.41) is 12.2. The summed E-state index contributed by atoms with van der Waals surface area (Å²) in [5.41, 5.74) is 0.724. The third kappa shape index (κ3) is 2.53. The number of amides is 1. The standard InChI is InChI=1S/C15H17NO4S/c1-21-11-5-3-2-4-8(11)16-14(17)12-9-6-7-10(20-9)13(12)15(18)19/h2-5,9-10,12-13H,6-7H2,1H3,(H,16,17)(H,18,19)/t9-,10-,12?,13?/m1/s1. The Morgan fingerprint density at radius 1 is 1.24 bits per heavy atom. The van der Waals surface area contributed by atoms with Crippen molar-refractivity contribution in [3.05, 3.63) is 24.3 Å². The number of thioether (sulfide) groups is 1. The van der Waals surface area contributed by atoms with Crippen LogP contribution in [0.4, 0.5) is 5.69 Å². The van der Waals surface area contributed by atoms with E-state index in [2.05, 4.69) is 5.32 Å². The summed E-state index contributed by atoms with van der Waals surface area (Å²) in [7, 11) is 0. The number of hydrogen-bond donors (Lipinski definition) is 2. The molecular weight excluding hydrogens is 290 g/mol. The number of hydrogen-bond acceptors (Lipinski definition) is 4. The molecule has 2 unspecified atom stereocenters. The lowest BCUT2D eigenvalue weighted by atomic mass is 9.78. The molecule has 0 aromatic heterocycles. The van der Waals surface area contributed by atoms with Crippen LogP contribution >= 0.6 is 11.8 Å². The lowest BCUT2D eigenvalue weighted by molar-refractivity contribution is -0.147. The Kier molecular flexibility index (Phi) is 3.91. The van der Waals surface area contributed by atoms with Gasteiger partial charge in [-0.25, -0.2) is 0 Å². The second-order valence-electron chi connectivity index (χ2n) is 5.37. The maximum absolute atomic E-state index is 12.5. The fourth-order valence-electron chi connectivity index (χ4n) is 3.29. The molecule has 6 heteroatoms. The molecule has 1 aromatic rings. The molecule has 2 fully saturated rings. The molecule has 112 valence electrons. The van der Waals surface area contributed by atoms with Gasteiger partial charge in [0.25, 0.3) is 0 Å². The summed E-state index contributed by atoms with van der Waals surface area (Å²) in [4.78, 5) is 24.9. The third-order valence-corrected chi connectivity index (χ3v) is 5.02. The topological polar surface area (TPSA) is 75.6 Å². The average molecular weight is 307 g/mol. The fraction of sp³-hybridized carbons (Fsp3) is 0.467. The molecule has 2 aliphatic heterocycles. The molecule has 2 N–H and O–H groups in total. The van der Waals surface area contributed by atoms with Gasteiger partial charge in [0.15, 0.2) is 0 Å². The van der Waals surface area contributed by atoms with Gasteiger partial charge < -0.3 is 15.2 Å². The van der Waals surface area contributed by atoms with Crippen molar-refractivity contribution in [3.8, 4) is 0 Å². The van der Waals surface area contributed by atoms with Crippen LogP contribution in [0.15, 0.2) is 29.2 Å². The molecular formula is C15H17NO4S. The number of anilines is 1. The van der Waals surface area contributed by atoms with E-state index in [0.29, 0.717) is 0 Å². The van der Waals surface area contributed by atoms with Gasteiger partial charge in [0.2, 0.25) is 5.91 Å². The van der Waals surface area contributed by atoms with Gasteiger partial charge in [0, 0.05) is 4.90 Å². The number of carbonyl (C=O) groups is 2. The van der Waals surface area contributed by atoms with E-state index in [9.17, 15) is 14.7 Å². The number of carbonyl (C=O) groups excluding carboxylic acids is 1. The van der Waals surface area contributed by atoms with Crippen molar-refractivity contribution >= 4 is 29.3 Å². The maximum atomic E-state index is 12.5. The number of benzene rings is 1. The van der Waals surface area contributed by atoms with Crippen molar-refractivity contribution in [2.75, 3.05) is 11.6 Å². The van der Waals surface area contributed by atoms with Crippen molar-refractivity contribution < 1.29 is 19.4 Å². The Morgan fingerprint density at radius 3 is 2.57 bits per heavy atom. The molecule has 1 amide bonds. The first kappa shape index (κ1) is 14.4. The summed E-state index contributed by atoms with van der Waals surface area (Å²) in [6.07, 6.45) is 2.84. The molecule has 0 aliphatic carbocycles. The van der Waals surface area contributed by atoms with Crippen molar-refractivity contribution in [1.29, 1.82) is 0 Å². The van der Waals surface area contributed by atoms with E-state index in [0.717, 1.165) is 23.4 Å². The van der Waals surface area contributed by atoms with E-state index in [1.165, 1.54) is 0 Å². The summed E-state index contributed by atoms with van der Waals surface area (Å²) in [6.45, 7) is 0. The van der Waals surface area contributed by atoms with Gasteiger partial charge >= 0.3 is 5.97 Å². The van der Waals surface area contributed by atoms with Crippen LogP contribution < -0.4 is 5.32 Å². The van der Waals surface area contributed by atoms with E-state index in [1.807, 2.05) is 30.5 Å². The highest BCUT2D eigenvalue weighted by atomic mass is 32.2. The molecule has 1 aromatic carbocycles. The maximum Gasteiger partial charge on any atom is 0.310 e. The first-order valence-corrected chi connectivity index (χ1v) is 8.16. The second kappa shape index (κ2) is 5.69. The molecule has 0 radical (unpaired) electrons. The number of carboxylic acids is 1. The summed E-state index contributed by atoms with van der Waals surface area (Å²) >= 11 is 1.54. The number of ether oxygens (including phenoxy) is 1. The Bertz CT molecular complexity index is 577. The fourth-order valence-corrected chi connectivity index (χ4v) is 3.84. The largest absolute Gasteiger partial charge is 0.481 e. The van der Waals surface area contributed by atoms with Gasteiger partial charge in [0.05, 0.1) is 29.7 Å². The molecule has 3 rings (SSSR count). The first-order chi connectivity index (χ1) is 10.1. The van der Waals surface area contributed by atoms with Crippen LogP contribution in [0.5, 0.6) is 0 Å². The molecule has 4 atom stereocenters. The number of nitrogens with one attached hydrogen (secondary N) is 1. The minimum absolute atomic E-state index is 0.254. The number of carboxylic acid groups (broad SMARTS) is 1. The Labute approximate surface area is 127 Å². The molecule has 2 saturated heterocycles. The SMILES string of the molecule is CSc1ccccc1NC(=O)C1C(C(=O)O)[C@H]2CC[C@H]1O2. The van der Waals surface area contributed by atoms with Crippen LogP contribution in [0.1, 0.15) is 12.8 Å². The Balaban J connectivity index is 1.80. The minimum atomic E-state index is -0.944. The van der Waals surface area contributed by atoms with Crippen LogP contribution in [0, 0.1) is 11.8 Å². The molecule has 0 saturated carbocycles. The van der Waals surface area contributed by atoms with Gasteiger partial charge in [-0.05, 0) is 31.2 Å². The highest BCUT2D eigenvalue weighted by Gasteiger charge is 2.55. The van der Waals surface area contributed by atoms with Gasteiger partial charge in [-0.15, -0.1) is 11.8 Å². The zero-order valence-corrected chi connectivity index (χ0v) is 12.4. The molecule has 5 nitrogen and oxygen atoms in total. The Hall–Kier alpha value is -1.53. The normalized spacial score (nSPS) is 30.3. The van der Waals surface area contributed by atoms with E-state index < -0.39 is 17.8 Å².